The largest absolute Gasteiger partial charge is 0.481 e. The minimum Gasteiger partial charge on any atom is -0.481 e. The second-order valence-corrected chi connectivity index (χ2v) is 6.01. The lowest BCUT2D eigenvalue weighted by molar-refractivity contribution is -0.133. The second kappa shape index (κ2) is 5.79. The first-order chi connectivity index (χ1) is 8.97. The van der Waals surface area contributed by atoms with Crippen LogP contribution in [0, 0.1) is 13.8 Å². The summed E-state index contributed by atoms with van der Waals surface area (Å²) in [5.41, 5.74) is 2.98. The zero-order valence-corrected chi connectivity index (χ0v) is 13.0. The molecule has 100 valence electrons. The summed E-state index contributed by atoms with van der Waals surface area (Å²) in [6, 6.07) is 5.98. The zero-order chi connectivity index (χ0) is 14.0. The molecule has 19 heavy (non-hydrogen) atoms. The maximum Gasteiger partial charge on any atom is 0.313 e. The van der Waals surface area contributed by atoms with Crippen LogP contribution in [0.15, 0.2) is 34.0 Å². The van der Waals surface area contributed by atoms with E-state index in [2.05, 4.69) is 20.9 Å². The standard InChI is InChI=1S/C13H13BrN2O2S/c1-8-5-10(14)3-4-11(8)16-6-9(2)15-13(16)19-7-12(17)18/h3-6H,7H2,1-2H3,(H,17,18). The smallest absolute Gasteiger partial charge is 0.313 e. The third kappa shape index (κ3) is 3.39. The topological polar surface area (TPSA) is 55.1 Å². The fourth-order valence-electron chi connectivity index (χ4n) is 1.77. The van der Waals surface area contributed by atoms with E-state index in [1.807, 2.05) is 42.8 Å². The first-order valence-electron chi connectivity index (χ1n) is 5.64. The Morgan fingerprint density at radius 2 is 2.21 bits per heavy atom. The van der Waals surface area contributed by atoms with Gasteiger partial charge in [-0.05, 0) is 37.6 Å². The van der Waals surface area contributed by atoms with Crippen LogP contribution in [0.2, 0.25) is 0 Å². The maximum absolute atomic E-state index is 10.7. The van der Waals surface area contributed by atoms with E-state index in [4.69, 9.17) is 5.11 Å². The van der Waals surface area contributed by atoms with E-state index in [1.54, 1.807) is 0 Å². The number of halogens is 1. The highest BCUT2D eigenvalue weighted by molar-refractivity contribution is 9.10. The third-order valence-corrected chi connectivity index (χ3v) is 3.97. The average molecular weight is 341 g/mol. The summed E-state index contributed by atoms with van der Waals surface area (Å²) in [5.74, 6) is -0.837. The molecule has 0 amide bonds. The zero-order valence-electron chi connectivity index (χ0n) is 10.6. The molecule has 0 fully saturated rings. The Hall–Kier alpha value is -1.27. The Morgan fingerprint density at radius 1 is 1.47 bits per heavy atom. The first kappa shape index (κ1) is 14.1. The fourth-order valence-corrected chi connectivity index (χ4v) is 2.99. The normalized spacial score (nSPS) is 10.7. The van der Waals surface area contributed by atoms with Crippen LogP contribution in [-0.2, 0) is 4.79 Å². The third-order valence-electron chi connectivity index (χ3n) is 2.54. The van der Waals surface area contributed by atoms with Gasteiger partial charge < -0.3 is 5.11 Å². The van der Waals surface area contributed by atoms with E-state index in [0.717, 1.165) is 21.4 Å². The highest BCUT2D eigenvalue weighted by Gasteiger charge is 2.11. The summed E-state index contributed by atoms with van der Waals surface area (Å²) in [6.07, 6.45) is 1.92. The Bertz CT molecular complexity index is 625. The van der Waals surface area contributed by atoms with E-state index in [9.17, 15) is 4.79 Å². The van der Waals surface area contributed by atoms with Crippen molar-refractivity contribution in [3.63, 3.8) is 0 Å². The first-order valence-corrected chi connectivity index (χ1v) is 7.42. The van der Waals surface area contributed by atoms with Crippen molar-refractivity contribution in [2.75, 3.05) is 5.75 Å². The molecule has 0 bridgehead atoms. The molecule has 0 aliphatic carbocycles. The number of aromatic nitrogens is 2. The predicted octanol–water partition coefficient (Wildman–Crippen LogP) is 3.43. The molecular formula is C13H13BrN2O2S. The highest BCUT2D eigenvalue weighted by Crippen LogP contribution is 2.25. The van der Waals surface area contributed by atoms with Gasteiger partial charge in [-0.3, -0.25) is 9.36 Å². The molecule has 0 radical (unpaired) electrons. The van der Waals surface area contributed by atoms with E-state index in [0.29, 0.717) is 5.16 Å². The fraction of sp³-hybridized carbons (Fsp3) is 0.231. The van der Waals surface area contributed by atoms with Crippen LogP contribution in [0.1, 0.15) is 11.3 Å². The summed E-state index contributed by atoms with van der Waals surface area (Å²) >= 11 is 4.66. The van der Waals surface area contributed by atoms with Gasteiger partial charge in [0, 0.05) is 10.7 Å². The molecular weight excluding hydrogens is 328 g/mol. The van der Waals surface area contributed by atoms with Crippen LogP contribution in [-0.4, -0.2) is 26.4 Å². The van der Waals surface area contributed by atoms with Gasteiger partial charge in [0.15, 0.2) is 5.16 Å². The molecule has 1 aromatic carbocycles. The number of carboxylic acid groups (broad SMARTS) is 1. The van der Waals surface area contributed by atoms with Gasteiger partial charge in [0.2, 0.25) is 0 Å². The monoisotopic (exact) mass is 340 g/mol. The number of nitrogens with zero attached hydrogens (tertiary/aromatic N) is 2. The van der Waals surface area contributed by atoms with Crippen LogP contribution in [0.25, 0.3) is 5.69 Å². The highest BCUT2D eigenvalue weighted by atomic mass is 79.9. The van der Waals surface area contributed by atoms with Crippen molar-refractivity contribution in [1.82, 2.24) is 9.55 Å². The maximum atomic E-state index is 10.7. The number of aliphatic carboxylic acids is 1. The van der Waals surface area contributed by atoms with Gasteiger partial charge in [-0.2, -0.15) is 0 Å². The molecule has 2 rings (SSSR count). The molecule has 1 N–H and O–H groups in total. The Kier molecular flexibility index (Phi) is 4.31. The summed E-state index contributed by atoms with van der Waals surface area (Å²) in [5, 5.41) is 9.47. The van der Waals surface area contributed by atoms with Crippen LogP contribution in [0.5, 0.6) is 0 Å². The number of hydrogen-bond acceptors (Lipinski definition) is 3. The SMILES string of the molecule is Cc1cn(-c2ccc(Br)cc2C)c(SCC(=O)O)n1. The Balaban J connectivity index is 2.40. The lowest BCUT2D eigenvalue weighted by Gasteiger charge is -2.10. The van der Waals surface area contributed by atoms with Crippen LogP contribution >= 0.6 is 27.7 Å². The number of rotatable bonds is 4. The van der Waals surface area contributed by atoms with Crippen molar-refractivity contribution < 1.29 is 9.90 Å². The second-order valence-electron chi connectivity index (χ2n) is 4.15. The molecule has 2 aromatic rings. The van der Waals surface area contributed by atoms with Gasteiger partial charge in [0.25, 0.3) is 0 Å². The summed E-state index contributed by atoms with van der Waals surface area (Å²) in [6.45, 7) is 3.91. The van der Waals surface area contributed by atoms with Gasteiger partial charge in [-0.25, -0.2) is 4.98 Å². The Morgan fingerprint density at radius 3 is 2.84 bits per heavy atom. The minimum absolute atomic E-state index is 0.00598. The quantitative estimate of drug-likeness (QED) is 0.866. The number of imidazole rings is 1. The van der Waals surface area contributed by atoms with E-state index >= 15 is 0 Å². The molecule has 0 spiro atoms. The van der Waals surface area contributed by atoms with Crippen molar-refractivity contribution in [3.8, 4) is 5.69 Å². The van der Waals surface area contributed by atoms with E-state index < -0.39 is 5.97 Å². The van der Waals surface area contributed by atoms with Gasteiger partial charge in [-0.15, -0.1) is 0 Å². The van der Waals surface area contributed by atoms with Crippen molar-refractivity contribution >= 4 is 33.7 Å². The van der Waals surface area contributed by atoms with Gasteiger partial charge in [0.1, 0.15) is 0 Å². The van der Waals surface area contributed by atoms with Crippen molar-refractivity contribution in [1.29, 1.82) is 0 Å². The molecule has 1 aromatic heterocycles. The summed E-state index contributed by atoms with van der Waals surface area (Å²) in [4.78, 5) is 15.0. The average Bonchev–Trinajstić information content (AvgIpc) is 2.67. The van der Waals surface area contributed by atoms with E-state index in [-0.39, 0.29) is 5.75 Å². The number of carbonyl (C=O) groups is 1. The molecule has 0 aliphatic rings. The van der Waals surface area contributed by atoms with Gasteiger partial charge in [0.05, 0.1) is 17.1 Å². The number of hydrogen-bond donors (Lipinski definition) is 1. The lowest BCUT2D eigenvalue weighted by Crippen LogP contribution is -2.02. The molecule has 0 atom stereocenters. The van der Waals surface area contributed by atoms with Crippen molar-refractivity contribution in [2.45, 2.75) is 19.0 Å². The molecule has 0 aliphatic heterocycles. The van der Waals surface area contributed by atoms with Gasteiger partial charge >= 0.3 is 5.97 Å². The lowest BCUT2D eigenvalue weighted by atomic mass is 10.2. The molecule has 0 unspecified atom stereocenters. The predicted molar refractivity (Wildman–Crippen MR) is 79.1 cm³/mol. The minimum atomic E-state index is -0.843. The molecule has 0 saturated heterocycles. The number of aryl methyl sites for hydroxylation is 2. The molecule has 0 saturated carbocycles. The molecule has 4 nitrogen and oxygen atoms in total. The Labute approximate surface area is 124 Å². The van der Waals surface area contributed by atoms with Crippen LogP contribution < -0.4 is 0 Å². The number of thioether (sulfide) groups is 1. The van der Waals surface area contributed by atoms with E-state index in [1.165, 1.54) is 11.8 Å². The summed E-state index contributed by atoms with van der Waals surface area (Å²) in [7, 11) is 0. The number of carboxylic acids is 1. The van der Waals surface area contributed by atoms with Crippen molar-refractivity contribution in [3.05, 3.63) is 40.1 Å². The number of benzene rings is 1. The summed E-state index contributed by atoms with van der Waals surface area (Å²) < 4.78 is 2.95. The molecule has 1 heterocycles. The van der Waals surface area contributed by atoms with Crippen molar-refractivity contribution in [2.24, 2.45) is 0 Å². The van der Waals surface area contributed by atoms with Gasteiger partial charge in [-0.1, -0.05) is 27.7 Å². The van der Waals surface area contributed by atoms with Crippen LogP contribution in [0.3, 0.4) is 0 Å². The van der Waals surface area contributed by atoms with Crippen LogP contribution in [0.4, 0.5) is 0 Å². The molecule has 6 heteroatoms.